The number of benzene rings is 4. The maximum atomic E-state index is 13.3. The molecular weight excluding hydrogens is 508 g/mol. The molecule has 6 rings (SSSR count). The molecule has 0 spiro atoms. The average Bonchev–Trinajstić information content (AvgIpc) is 3.25. The summed E-state index contributed by atoms with van der Waals surface area (Å²) in [5, 5.41) is 13.9. The van der Waals surface area contributed by atoms with Gasteiger partial charge in [-0.1, -0.05) is 60.7 Å². The Labute approximate surface area is 228 Å². The van der Waals surface area contributed by atoms with Gasteiger partial charge in [0.25, 0.3) is 11.8 Å². The lowest BCUT2D eigenvalue weighted by Crippen LogP contribution is -2.22. The first-order valence-corrected chi connectivity index (χ1v) is 12.3. The Kier molecular flexibility index (Phi) is 6.31. The molecule has 2 amide bonds. The zero-order valence-corrected chi connectivity index (χ0v) is 20.8. The van der Waals surface area contributed by atoms with Gasteiger partial charge in [0.2, 0.25) is 0 Å². The van der Waals surface area contributed by atoms with E-state index in [9.17, 15) is 19.6 Å². The molecule has 2 N–H and O–H groups in total. The van der Waals surface area contributed by atoms with Crippen LogP contribution in [0, 0.1) is 0 Å². The first-order valence-electron chi connectivity index (χ1n) is 12.3. The van der Waals surface area contributed by atoms with Crippen LogP contribution in [-0.4, -0.2) is 33.0 Å². The minimum Gasteiger partial charge on any atom is -0.421 e. The number of amides is 2. The van der Waals surface area contributed by atoms with Crippen LogP contribution in [0.1, 0.15) is 32.0 Å². The number of fused-ring (bicyclic) bond motifs is 2. The van der Waals surface area contributed by atoms with E-state index in [1.165, 1.54) is 12.3 Å². The monoisotopic (exact) mass is 528 g/mol. The van der Waals surface area contributed by atoms with E-state index in [1.54, 1.807) is 91.0 Å². The van der Waals surface area contributed by atoms with Gasteiger partial charge in [-0.05, 0) is 42.5 Å². The van der Waals surface area contributed by atoms with Crippen LogP contribution in [0.3, 0.4) is 0 Å². The third-order valence-electron chi connectivity index (χ3n) is 6.31. The summed E-state index contributed by atoms with van der Waals surface area (Å²) >= 11 is 0. The van der Waals surface area contributed by atoms with Crippen molar-refractivity contribution in [2.24, 2.45) is 0 Å². The van der Waals surface area contributed by atoms with Gasteiger partial charge >= 0.3 is 5.97 Å². The number of hydrogen-bond acceptors (Lipinski definition) is 7. The molecule has 2 heterocycles. The molecule has 0 saturated carbocycles. The van der Waals surface area contributed by atoms with E-state index in [4.69, 9.17) is 4.74 Å². The Hall–Kier alpha value is -5.67. The highest BCUT2D eigenvalue weighted by molar-refractivity contribution is 6.36. The van der Waals surface area contributed by atoms with Gasteiger partial charge in [0.05, 0.1) is 34.1 Å². The van der Waals surface area contributed by atoms with E-state index in [2.05, 4.69) is 15.3 Å². The van der Waals surface area contributed by atoms with E-state index in [0.29, 0.717) is 38.5 Å². The molecule has 0 fully saturated rings. The molecule has 9 heteroatoms. The van der Waals surface area contributed by atoms with Crippen LogP contribution in [0.25, 0.3) is 22.4 Å². The smallest absolute Gasteiger partial charge is 0.343 e. The summed E-state index contributed by atoms with van der Waals surface area (Å²) in [6.07, 6.45) is 1.38. The van der Waals surface area contributed by atoms with E-state index in [1.807, 2.05) is 6.07 Å². The standard InChI is InChI=1S/C31H20N4O5/c36-29(25-18-32-23-13-7-8-14-24(23)34-25)33-21-15-16-22-26(17-21)35(39)30(37)27(22)28(19-9-3-1-4-10-19)40-31(38)20-11-5-2-6-12-20/h1-18,39H,(H,33,36)/b28-27-. The molecule has 0 saturated heterocycles. The fourth-order valence-electron chi connectivity index (χ4n) is 4.38. The quantitative estimate of drug-likeness (QED) is 0.137. The lowest BCUT2D eigenvalue weighted by atomic mass is 10.0. The maximum absolute atomic E-state index is 13.3. The molecule has 1 aliphatic rings. The summed E-state index contributed by atoms with van der Waals surface area (Å²) in [5.74, 6) is -1.94. The molecular formula is C31H20N4O5. The number of rotatable bonds is 5. The predicted octanol–water partition coefficient (Wildman–Crippen LogP) is 5.34. The van der Waals surface area contributed by atoms with Crippen molar-refractivity contribution in [2.75, 3.05) is 10.4 Å². The van der Waals surface area contributed by atoms with Crippen molar-refractivity contribution >= 4 is 51.5 Å². The van der Waals surface area contributed by atoms with Crippen LogP contribution >= 0.6 is 0 Å². The largest absolute Gasteiger partial charge is 0.421 e. The molecule has 0 atom stereocenters. The topological polar surface area (TPSA) is 122 Å². The average molecular weight is 529 g/mol. The molecule has 40 heavy (non-hydrogen) atoms. The fraction of sp³-hybridized carbons (Fsp3) is 0. The number of esters is 1. The zero-order chi connectivity index (χ0) is 27.6. The highest BCUT2D eigenvalue weighted by Crippen LogP contribution is 2.42. The predicted molar refractivity (Wildman–Crippen MR) is 148 cm³/mol. The van der Waals surface area contributed by atoms with Gasteiger partial charge in [-0.25, -0.2) is 9.78 Å². The first kappa shape index (κ1) is 24.7. The second-order valence-electron chi connectivity index (χ2n) is 8.87. The highest BCUT2D eigenvalue weighted by atomic mass is 16.5. The van der Waals surface area contributed by atoms with Gasteiger partial charge in [0, 0.05) is 16.8 Å². The van der Waals surface area contributed by atoms with E-state index in [-0.39, 0.29) is 22.7 Å². The number of anilines is 2. The van der Waals surface area contributed by atoms with Crippen molar-refractivity contribution in [3.05, 3.63) is 132 Å². The van der Waals surface area contributed by atoms with Crippen LogP contribution in [0.5, 0.6) is 0 Å². The SMILES string of the molecule is O=C(O/C(=C1\C(=O)N(O)c2cc(NC(=O)c3cnc4ccccc4n3)ccc21)c1ccccc1)c1ccccc1. The van der Waals surface area contributed by atoms with Gasteiger partial charge in [-0.15, -0.1) is 0 Å². The summed E-state index contributed by atoms with van der Waals surface area (Å²) in [4.78, 5) is 47.8. The Morgan fingerprint density at radius 1 is 0.800 bits per heavy atom. The summed E-state index contributed by atoms with van der Waals surface area (Å²) < 4.78 is 5.77. The van der Waals surface area contributed by atoms with Gasteiger partial charge in [-0.3, -0.25) is 19.8 Å². The molecule has 4 aromatic carbocycles. The Balaban J connectivity index is 1.36. The van der Waals surface area contributed by atoms with Crippen molar-refractivity contribution in [2.45, 2.75) is 0 Å². The summed E-state index contributed by atoms with van der Waals surface area (Å²) in [5.41, 5.74) is 2.89. The summed E-state index contributed by atoms with van der Waals surface area (Å²) in [6.45, 7) is 0. The highest BCUT2D eigenvalue weighted by Gasteiger charge is 2.36. The molecule has 0 aliphatic carbocycles. The number of nitrogens with one attached hydrogen (secondary N) is 1. The number of ether oxygens (including phenoxy) is 1. The number of carbonyl (C=O) groups excluding carboxylic acids is 3. The van der Waals surface area contributed by atoms with Crippen LogP contribution in [0.2, 0.25) is 0 Å². The number of carbonyl (C=O) groups is 3. The number of hydrogen-bond donors (Lipinski definition) is 2. The molecule has 0 unspecified atom stereocenters. The maximum Gasteiger partial charge on any atom is 0.343 e. The van der Waals surface area contributed by atoms with Crippen molar-refractivity contribution in [3.63, 3.8) is 0 Å². The van der Waals surface area contributed by atoms with Crippen molar-refractivity contribution in [3.8, 4) is 0 Å². The molecule has 194 valence electrons. The van der Waals surface area contributed by atoms with Crippen LogP contribution in [-0.2, 0) is 9.53 Å². The normalized spacial score (nSPS) is 13.6. The molecule has 0 radical (unpaired) electrons. The third-order valence-corrected chi connectivity index (χ3v) is 6.31. The molecule has 0 bridgehead atoms. The summed E-state index contributed by atoms with van der Waals surface area (Å²) in [7, 11) is 0. The minimum absolute atomic E-state index is 0.000441. The van der Waals surface area contributed by atoms with E-state index < -0.39 is 17.8 Å². The molecule has 9 nitrogen and oxygen atoms in total. The van der Waals surface area contributed by atoms with Crippen LogP contribution in [0.4, 0.5) is 11.4 Å². The second-order valence-corrected chi connectivity index (χ2v) is 8.87. The number of aromatic nitrogens is 2. The number of nitrogens with zero attached hydrogens (tertiary/aromatic N) is 3. The third kappa shape index (κ3) is 4.57. The molecule has 1 aromatic heterocycles. The second kappa shape index (κ2) is 10.2. The Morgan fingerprint density at radius 2 is 1.45 bits per heavy atom. The van der Waals surface area contributed by atoms with Crippen LogP contribution in [0.15, 0.2) is 109 Å². The molecule has 5 aromatic rings. The minimum atomic E-state index is -0.779. The van der Waals surface area contributed by atoms with Crippen molar-refractivity contribution < 1.29 is 24.3 Å². The lowest BCUT2D eigenvalue weighted by Gasteiger charge is -2.12. The molecule has 1 aliphatic heterocycles. The van der Waals surface area contributed by atoms with Gasteiger partial charge in [0.1, 0.15) is 5.69 Å². The van der Waals surface area contributed by atoms with Crippen molar-refractivity contribution in [1.82, 2.24) is 9.97 Å². The van der Waals surface area contributed by atoms with Gasteiger partial charge < -0.3 is 10.1 Å². The summed E-state index contributed by atoms with van der Waals surface area (Å²) in [6, 6.07) is 28.9. The fourth-order valence-corrected chi connectivity index (χ4v) is 4.38. The van der Waals surface area contributed by atoms with E-state index in [0.717, 1.165) is 0 Å². The van der Waals surface area contributed by atoms with Gasteiger partial charge in [0.15, 0.2) is 5.76 Å². The lowest BCUT2D eigenvalue weighted by molar-refractivity contribution is -0.117. The van der Waals surface area contributed by atoms with Crippen molar-refractivity contribution in [1.29, 1.82) is 0 Å². The first-order chi connectivity index (χ1) is 19.5. The zero-order valence-electron chi connectivity index (χ0n) is 20.8. The Bertz CT molecular complexity index is 1820. The Morgan fingerprint density at radius 3 is 2.17 bits per heavy atom. The van der Waals surface area contributed by atoms with Gasteiger partial charge in [-0.2, -0.15) is 5.06 Å². The number of para-hydroxylation sites is 2. The van der Waals surface area contributed by atoms with Crippen LogP contribution < -0.4 is 10.4 Å². The number of hydroxylamine groups is 1. The van der Waals surface area contributed by atoms with E-state index >= 15 is 0 Å².